The Morgan fingerprint density at radius 3 is 2.67 bits per heavy atom. The average molecular weight is 285 g/mol. The molecule has 3 nitrogen and oxygen atoms in total. The van der Waals surface area contributed by atoms with E-state index in [4.69, 9.17) is 5.73 Å². The number of hydrogen-bond acceptors (Lipinski definition) is 3. The predicted octanol–water partition coefficient (Wildman–Crippen LogP) is 4.15. The molecule has 0 atom stereocenters. The molecule has 0 aliphatic heterocycles. The third-order valence-electron chi connectivity index (χ3n) is 3.32. The van der Waals surface area contributed by atoms with Gasteiger partial charge in [0.25, 0.3) is 0 Å². The van der Waals surface area contributed by atoms with E-state index >= 15 is 0 Å². The van der Waals surface area contributed by atoms with Crippen molar-refractivity contribution in [1.29, 1.82) is 0 Å². The topological polar surface area (TPSA) is 50.9 Å². The van der Waals surface area contributed by atoms with Gasteiger partial charge < -0.3 is 11.1 Å². The fourth-order valence-corrected chi connectivity index (χ4v) is 2.18. The molecule has 5 heteroatoms. The van der Waals surface area contributed by atoms with Gasteiger partial charge in [0.1, 0.15) is 11.6 Å². The number of nitrogen functional groups attached to an aromatic ring is 1. The monoisotopic (exact) mass is 285 g/mol. The van der Waals surface area contributed by atoms with Crippen molar-refractivity contribution in [2.45, 2.75) is 6.92 Å². The number of pyridine rings is 1. The molecular formula is C16H13F2N3. The van der Waals surface area contributed by atoms with E-state index in [1.165, 1.54) is 6.92 Å². The molecule has 0 unspecified atom stereocenters. The van der Waals surface area contributed by atoms with Gasteiger partial charge in [-0.3, -0.25) is 4.98 Å². The van der Waals surface area contributed by atoms with Crippen LogP contribution in [0.15, 0.2) is 42.6 Å². The standard InChI is InChI=1S/C16H13F2N3/c1-9-7-12(18)15(8-11(9)17)21-14-5-4-13(19)10-3-2-6-20-16(10)14/h2-8,21H,19H2,1H3. The van der Waals surface area contributed by atoms with Gasteiger partial charge in [0.05, 0.1) is 16.9 Å². The molecule has 0 bridgehead atoms. The Morgan fingerprint density at radius 2 is 1.86 bits per heavy atom. The third-order valence-corrected chi connectivity index (χ3v) is 3.32. The second-order valence-electron chi connectivity index (χ2n) is 4.81. The SMILES string of the molecule is Cc1cc(F)c(Nc2ccc(N)c3cccnc23)cc1F. The van der Waals surface area contributed by atoms with Crippen LogP contribution in [-0.4, -0.2) is 4.98 Å². The molecule has 0 radical (unpaired) electrons. The number of hydrogen-bond donors (Lipinski definition) is 2. The van der Waals surface area contributed by atoms with E-state index in [0.717, 1.165) is 17.5 Å². The van der Waals surface area contributed by atoms with Gasteiger partial charge in [-0.15, -0.1) is 0 Å². The lowest BCUT2D eigenvalue weighted by Crippen LogP contribution is -1.99. The molecule has 1 aromatic heterocycles. The zero-order valence-electron chi connectivity index (χ0n) is 11.3. The van der Waals surface area contributed by atoms with Crippen molar-refractivity contribution < 1.29 is 8.78 Å². The van der Waals surface area contributed by atoms with E-state index < -0.39 is 11.6 Å². The third kappa shape index (κ3) is 2.38. The molecule has 21 heavy (non-hydrogen) atoms. The molecule has 2 aromatic carbocycles. The second-order valence-corrected chi connectivity index (χ2v) is 4.81. The highest BCUT2D eigenvalue weighted by Crippen LogP contribution is 2.30. The molecule has 0 aliphatic carbocycles. The van der Waals surface area contributed by atoms with Gasteiger partial charge in [-0.25, -0.2) is 8.78 Å². The van der Waals surface area contributed by atoms with Crippen molar-refractivity contribution in [2.24, 2.45) is 0 Å². The van der Waals surface area contributed by atoms with E-state index in [9.17, 15) is 8.78 Å². The van der Waals surface area contributed by atoms with E-state index in [0.29, 0.717) is 16.9 Å². The molecule has 0 spiro atoms. The number of halogens is 2. The minimum absolute atomic E-state index is 0.0647. The van der Waals surface area contributed by atoms with Gasteiger partial charge in [-0.2, -0.15) is 0 Å². The number of nitrogens with two attached hydrogens (primary N) is 1. The van der Waals surface area contributed by atoms with Crippen molar-refractivity contribution in [3.63, 3.8) is 0 Å². The van der Waals surface area contributed by atoms with Gasteiger partial charge in [0, 0.05) is 23.3 Å². The molecule has 0 aliphatic rings. The molecule has 3 aromatic rings. The van der Waals surface area contributed by atoms with E-state index in [2.05, 4.69) is 10.3 Å². The first-order valence-corrected chi connectivity index (χ1v) is 6.42. The number of aromatic nitrogens is 1. The van der Waals surface area contributed by atoms with Crippen molar-refractivity contribution in [3.8, 4) is 0 Å². The summed E-state index contributed by atoms with van der Waals surface area (Å²) in [5, 5.41) is 3.64. The average Bonchev–Trinajstić information content (AvgIpc) is 2.48. The van der Waals surface area contributed by atoms with E-state index in [1.807, 2.05) is 6.07 Å². The fraction of sp³-hybridized carbons (Fsp3) is 0.0625. The van der Waals surface area contributed by atoms with Gasteiger partial charge in [-0.05, 0) is 42.8 Å². The summed E-state index contributed by atoms with van der Waals surface area (Å²) in [4.78, 5) is 4.25. The van der Waals surface area contributed by atoms with Crippen LogP contribution >= 0.6 is 0 Å². The van der Waals surface area contributed by atoms with Crippen LogP contribution < -0.4 is 11.1 Å². The van der Waals surface area contributed by atoms with Crippen molar-refractivity contribution in [3.05, 3.63) is 59.8 Å². The summed E-state index contributed by atoms with van der Waals surface area (Å²) in [6.45, 7) is 1.52. The summed E-state index contributed by atoms with van der Waals surface area (Å²) < 4.78 is 27.5. The summed E-state index contributed by atoms with van der Waals surface area (Å²) in [7, 11) is 0. The van der Waals surface area contributed by atoms with Crippen LogP contribution in [-0.2, 0) is 0 Å². The van der Waals surface area contributed by atoms with Gasteiger partial charge in [0.15, 0.2) is 0 Å². The summed E-state index contributed by atoms with van der Waals surface area (Å²) in [6.07, 6.45) is 1.62. The smallest absolute Gasteiger partial charge is 0.147 e. The number of nitrogens with zero attached hydrogens (tertiary/aromatic N) is 1. The zero-order valence-corrected chi connectivity index (χ0v) is 11.3. The Morgan fingerprint density at radius 1 is 1.05 bits per heavy atom. The fourth-order valence-electron chi connectivity index (χ4n) is 2.18. The Hall–Kier alpha value is -2.69. The minimum atomic E-state index is -0.519. The molecule has 0 saturated heterocycles. The Bertz CT molecular complexity index is 831. The summed E-state index contributed by atoms with van der Waals surface area (Å²) in [5.74, 6) is -0.985. The lowest BCUT2D eigenvalue weighted by Gasteiger charge is -2.12. The number of aryl methyl sites for hydroxylation is 1. The molecule has 3 N–H and O–H groups in total. The maximum Gasteiger partial charge on any atom is 0.147 e. The summed E-state index contributed by atoms with van der Waals surface area (Å²) >= 11 is 0. The zero-order chi connectivity index (χ0) is 15.0. The quantitative estimate of drug-likeness (QED) is 0.695. The van der Waals surface area contributed by atoms with Crippen LogP contribution in [0, 0.1) is 18.6 Å². The molecule has 0 fully saturated rings. The second kappa shape index (κ2) is 5.01. The van der Waals surface area contributed by atoms with Crippen LogP contribution in [0.25, 0.3) is 10.9 Å². The number of anilines is 3. The molecule has 0 saturated carbocycles. The molecule has 0 amide bonds. The highest BCUT2D eigenvalue weighted by Gasteiger charge is 2.10. The highest BCUT2D eigenvalue weighted by molar-refractivity contribution is 5.99. The minimum Gasteiger partial charge on any atom is -0.398 e. The Balaban J connectivity index is 2.11. The first-order valence-electron chi connectivity index (χ1n) is 6.42. The Kier molecular flexibility index (Phi) is 3.17. The van der Waals surface area contributed by atoms with Crippen LogP contribution in [0.4, 0.5) is 25.8 Å². The van der Waals surface area contributed by atoms with Gasteiger partial charge in [-0.1, -0.05) is 0 Å². The summed E-state index contributed by atoms with van der Waals surface area (Å²) in [5.41, 5.74) is 7.98. The maximum absolute atomic E-state index is 13.9. The van der Waals surface area contributed by atoms with Crippen molar-refractivity contribution >= 4 is 28.0 Å². The maximum atomic E-state index is 13.9. The lowest BCUT2D eigenvalue weighted by molar-refractivity contribution is 0.595. The molecule has 3 rings (SSSR count). The van der Waals surface area contributed by atoms with Crippen LogP contribution in [0.3, 0.4) is 0 Å². The van der Waals surface area contributed by atoms with E-state index in [-0.39, 0.29) is 11.3 Å². The van der Waals surface area contributed by atoms with Crippen LogP contribution in [0.5, 0.6) is 0 Å². The van der Waals surface area contributed by atoms with Crippen LogP contribution in [0.1, 0.15) is 5.56 Å². The molecule has 106 valence electrons. The molecule has 1 heterocycles. The summed E-state index contributed by atoms with van der Waals surface area (Å²) in [6, 6.07) is 9.29. The predicted molar refractivity (Wildman–Crippen MR) is 80.5 cm³/mol. The van der Waals surface area contributed by atoms with E-state index in [1.54, 1.807) is 24.4 Å². The first-order chi connectivity index (χ1) is 10.1. The van der Waals surface area contributed by atoms with Crippen molar-refractivity contribution in [1.82, 2.24) is 4.98 Å². The highest BCUT2D eigenvalue weighted by atomic mass is 19.1. The number of benzene rings is 2. The van der Waals surface area contributed by atoms with Crippen molar-refractivity contribution in [2.75, 3.05) is 11.1 Å². The van der Waals surface area contributed by atoms with Gasteiger partial charge in [0.2, 0.25) is 0 Å². The number of nitrogens with one attached hydrogen (secondary N) is 1. The lowest BCUT2D eigenvalue weighted by atomic mass is 10.1. The van der Waals surface area contributed by atoms with Gasteiger partial charge >= 0.3 is 0 Å². The molecular weight excluding hydrogens is 272 g/mol. The number of rotatable bonds is 2. The Labute approximate surface area is 120 Å². The largest absolute Gasteiger partial charge is 0.398 e. The first kappa shape index (κ1) is 13.3. The number of fused-ring (bicyclic) bond motifs is 1. The van der Waals surface area contributed by atoms with Crippen LogP contribution in [0.2, 0.25) is 0 Å². The normalized spacial score (nSPS) is 10.8.